The minimum Gasteiger partial charge on any atom is -0.355 e. The fourth-order valence-electron chi connectivity index (χ4n) is 2.65. The maximum absolute atomic E-state index is 3.50. The Bertz CT molecular complexity index is 914. The summed E-state index contributed by atoms with van der Waals surface area (Å²) < 4.78 is 0. The van der Waals surface area contributed by atoms with E-state index in [0.717, 1.165) is 22.4 Å². The highest BCUT2D eigenvalue weighted by Crippen LogP contribution is 2.26. The third kappa shape index (κ3) is 2.21. The first-order chi connectivity index (χ1) is 10.4. The van der Waals surface area contributed by atoms with E-state index < -0.39 is 0 Å². The van der Waals surface area contributed by atoms with E-state index in [2.05, 4.69) is 71.0 Å². The van der Waals surface area contributed by atoms with Crippen LogP contribution in [0.25, 0.3) is 21.8 Å². The van der Waals surface area contributed by atoms with Gasteiger partial charge in [0, 0.05) is 23.2 Å². The number of para-hydroxylation sites is 2. The smallest absolute Gasteiger partial charge is 0.213 e. The number of fused-ring (bicyclic) bond motifs is 2. The Labute approximate surface area is 123 Å². The summed E-state index contributed by atoms with van der Waals surface area (Å²) in [7, 11) is 0. The molecule has 2 nitrogen and oxygen atoms in total. The molecule has 1 aromatic heterocycles. The summed E-state index contributed by atoms with van der Waals surface area (Å²) in [6, 6.07) is 27.1. The summed E-state index contributed by atoms with van der Waals surface area (Å²) in [5.41, 5.74) is 4.50. The molecule has 0 aliphatic rings. The molecule has 0 spiro atoms. The number of pyridine rings is 1. The van der Waals surface area contributed by atoms with Gasteiger partial charge in [0.1, 0.15) is 0 Å². The lowest BCUT2D eigenvalue weighted by atomic mass is 10.1. The second kappa shape index (κ2) is 4.91. The number of nitrogens with one attached hydrogen (secondary N) is 2. The van der Waals surface area contributed by atoms with E-state index >= 15 is 0 Å². The Kier molecular flexibility index (Phi) is 2.79. The monoisotopic (exact) mass is 271 g/mol. The van der Waals surface area contributed by atoms with Crippen molar-refractivity contribution in [2.45, 2.75) is 0 Å². The zero-order chi connectivity index (χ0) is 14.1. The molecule has 0 unspecified atom stereocenters. The zero-order valence-corrected chi connectivity index (χ0v) is 11.5. The van der Waals surface area contributed by atoms with E-state index in [1.807, 2.05) is 18.2 Å². The maximum atomic E-state index is 3.50. The van der Waals surface area contributed by atoms with E-state index in [0.29, 0.717) is 0 Å². The van der Waals surface area contributed by atoms with Crippen molar-refractivity contribution in [3.8, 4) is 0 Å². The molecule has 1 heterocycles. The van der Waals surface area contributed by atoms with Crippen LogP contribution >= 0.6 is 0 Å². The third-order valence-electron chi connectivity index (χ3n) is 3.69. The van der Waals surface area contributed by atoms with Crippen molar-refractivity contribution >= 4 is 33.2 Å². The summed E-state index contributed by atoms with van der Waals surface area (Å²) in [5, 5.41) is 5.90. The number of benzene rings is 3. The van der Waals surface area contributed by atoms with Crippen LogP contribution in [-0.2, 0) is 0 Å². The topological polar surface area (TPSA) is 26.2 Å². The number of rotatable bonds is 2. The summed E-state index contributed by atoms with van der Waals surface area (Å²) in [6.07, 6.45) is 0. The van der Waals surface area contributed by atoms with Crippen molar-refractivity contribution in [2.75, 3.05) is 5.32 Å². The molecule has 0 aliphatic carbocycles. The standard InChI is InChI=1S/C19H14N2/c1-2-8-15(9-3-1)20-18-11-6-12-19-16(18)13-14-7-4-5-10-17(14)21-19/h1-13,20H/p+1. The van der Waals surface area contributed by atoms with Crippen LogP contribution in [-0.4, -0.2) is 0 Å². The molecule has 0 fully saturated rings. The van der Waals surface area contributed by atoms with Gasteiger partial charge in [-0.15, -0.1) is 0 Å². The van der Waals surface area contributed by atoms with Crippen LogP contribution in [0.5, 0.6) is 0 Å². The van der Waals surface area contributed by atoms with Crippen molar-refractivity contribution in [1.82, 2.24) is 0 Å². The van der Waals surface area contributed by atoms with Gasteiger partial charge in [0.2, 0.25) is 11.0 Å². The predicted molar refractivity (Wildman–Crippen MR) is 87.7 cm³/mol. The van der Waals surface area contributed by atoms with E-state index in [4.69, 9.17) is 0 Å². The van der Waals surface area contributed by atoms with Crippen LogP contribution in [0.15, 0.2) is 78.9 Å². The third-order valence-corrected chi connectivity index (χ3v) is 3.69. The molecule has 0 atom stereocenters. The van der Waals surface area contributed by atoms with Crippen LogP contribution in [0.2, 0.25) is 0 Å². The van der Waals surface area contributed by atoms with Crippen molar-refractivity contribution in [3.63, 3.8) is 0 Å². The molecular formula is C19H15N2+. The lowest BCUT2D eigenvalue weighted by Crippen LogP contribution is -2.06. The van der Waals surface area contributed by atoms with Gasteiger partial charge in [-0.2, -0.15) is 0 Å². The zero-order valence-electron chi connectivity index (χ0n) is 11.5. The highest BCUT2D eigenvalue weighted by molar-refractivity contribution is 5.97. The molecule has 0 bridgehead atoms. The summed E-state index contributed by atoms with van der Waals surface area (Å²) in [4.78, 5) is 3.50. The second-order valence-electron chi connectivity index (χ2n) is 5.11. The van der Waals surface area contributed by atoms with E-state index in [9.17, 15) is 0 Å². The van der Waals surface area contributed by atoms with Crippen LogP contribution in [0.3, 0.4) is 0 Å². The highest BCUT2D eigenvalue weighted by Gasteiger charge is 2.09. The summed E-state index contributed by atoms with van der Waals surface area (Å²) in [6.45, 7) is 0. The number of anilines is 2. The minimum atomic E-state index is 1.10. The number of aromatic amines is 1. The van der Waals surface area contributed by atoms with Gasteiger partial charge in [0.15, 0.2) is 0 Å². The molecule has 4 aromatic rings. The maximum Gasteiger partial charge on any atom is 0.213 e. The molecule has 4 rings (SSSR count). The Morgan fingerprint density at radius 2 is 1.43 bits per heavy atom. The van der Waals surface area contributed by atoms with Gasteiger partial charge in [-0.05, 0) is 30.3 Å². The SMILES string of the molecule is c1ccc(Nc2cccc3[nH+]c4ccccc4cc23)cc1. The molecule has 21 heavy (non-hydrogen) atoms. The molecular weight excluding hydrogens is 256 g/mol. The number of aromatic nitrogens is 1. The number of H-pyrrole nitrogens is 1. The average molecular weight is 271 g/mol. The van der Waals surface area contributed by atoms with Gasteiger partial charge in [-0.1, -0.05) is 36.4 Å². The van der Waals surface area contributed by atoms with Gasteiger partial charge < -0.3 is 5.32 Å². The fraction of sp³-hybridized carbons (Fsp3) is 0. The molecule has 3 aromatic carbocycles. The molecule has 0 saturated heterocycles. The van der Waals surface area contributed by atoms with Gasteiger partial charge in [0.05, 0.1) is 11.1 Å². The van der Waals surface area contributed by atoms with Gasteiger partial charge >= 0.3 is 0 Å². The Morgan fingerprint density at radius 3 is 2.33 bits per heavy atom. The molecule has 0 aliphatic heterocycles. The van der Waals surface area contributed by atoms with Crippen LogP contribution in [0.4, 0.5) is 11.4 Å². The first-order valence-corrected chi connectivity index (χ1v) is 7.06. The second-order valence-corrected chi connectivity index (χ2v) is 5.11. The highest BCUT2D eigenvalue weighted by atomic mass is 14.9. The fourth-order valence-corrected chi connectivity index (χ4v) is 2.65. The number of hydrogen-bond acceptors (Lipinski definition) is 1. The first kappa shape index (κ1) is 11.9. The summed E-state index contributed by atoms with van der Waals surface area (Å²) >= 11 is 0. The van der Waals surface area contributed by atoms with Crippen LogP contribution < -0.4 is 10.3 Å². The Morgan fingerprint density at radius 1 is 0.667 bits per heavy atom. The minimum absolute atomic E-state index is 1.10. The molecule has 0 saturated carbocycles. The van der Waals surface area contributed by atoms with Crippen LogP contribution in [0.1, 0.15) is 0 Å². The lowest BCUT2D eigenvalue weighted by molar-refractivity contribution is -0.310. The van der Waals surface area contributed by atoms with Gasteiger partial charge in [-0.3, -0.25) is 0 Å². The average Bonchev–Trinajstić information content (AvgIpc) is 2.54. The quantitative estimate of drug-likeness (QED) is 0.532. The molecule has 100 valence electrons. The first-order valence-electron chi connectivity index (χ1n) is 7.06. The van der Waals surface area contributed by atoms with E-state index in [1.54, 1.807) is 0 Å². The largest absolute Gasteiger partial charge is 0.355 e. The van der Waals surface area contributed by atoms with Crippen molar-refractivity contribution in [3.05, 3.63) is 78.9 Å². The van der Waals surface area contributed by atoms with Crippen molar-refractivity contribution in [1.29, 1.82) is 0 Å². The van der Waals surface area contributed by atoms with E-state index in [-0.39, 0.29) is 0 Å². The lowest BCUT2D eigenvalue weighted by Gasteiger charge is -2.08. The number of hydrogen-bond donors (Lipinski definition) is 1. The Balaban J connectivity index is 1.90. The van der Waals surface area contributed by atoms with Crippen molar-refractivity contribution < 1.29 is 4.98 Å². The van der Waals surface area contributed by atoms with Crippen molar-refractivity contribution in [2.24, 2.45) is 0 Å². The summed E-state index contributed by atoms with van der Waals surface area (Å²) in [5.74, 6) is 0. The molecule has 2 N–H and O–H groups in total. The van der Waals surface area contributed by atoms with Gasteiger partial charge in [-0.25, -0.2) is 4.98 Å². The molecule has 0 radical (unpaired) electrons. The normalized spacial score (nSPS) is 10.9. The molecule has 2 heteroatoms. The van der Waals surface area contributed by atoms with Gasteiger partial charge in [0.25, 0.3) is 0 Å². The van der Waals surface area contributed by atoms with Crippen LogP contribution in [0, 0.1) is 0 Å². The van der Waals surface area contributed by atoms with E-state index in [1.165, 1.54) is 10.8 Å². The Hall–Kier alpha value is -2.87. The predicted octanol–water partition coefficient (Wildman–Crippen LogP) is 4.55. The molecule has 0 amide bonds.